The number of hydrogen-bond donors (Lipinski definition) is 2. The summed E-state index contributed by atoms with van der Waals surface area (Å²) in [6.45, 7) is 0. The first-order valence-electron chi connectivity index (χ1n) is 2.73. The SMILES string of the molecule is N#Cc1cc(Cl)c(=O)[nH]c1N. The smallest absolute Gasteiger partial charge is 0.268 e. The number of anilines is 1. The molecule has 1 aromatic rings. The molecule has 0 fully saturated rings. The fourth-order valence-corrected chi connectivity index (χ4v) is 0.768. The first kappa shape index (κ1) is 7.63. The Morgan fingerprint density at radius 3 is 2.91 bits per heavy atom. The number of halogens is 1. The van der Waals surface area contributed by atoms with Crippen molar-refractivity contribution in [3.8, 4) is 6.07 Å². The molecule has 3 N–H and O–H groups in total. The van der Waals surface area contributed by atoms with Crippen LogP contribution in [0.4, 0.5) is 5.82 Å². The summed E-state index contributed by atoms with van der Waals surface area (Å²) in [5.41, 5.74) is 4.96. The normalized spacial score (nSPS) is 9.09. The summed E-state index contributed by atoms with van der Waals surface area (Å²) < 4.78 is 0. The Morgan fingerprint density at radius 1 is 1.73 bits per heavy atom. The van der Waals surface area contributed by atoms with Crippen LogP contribution in [-0.4, -0.2) is 4.98 Å². The Kier molecular flexibility index (Phi) is 1.83. The minimum Gasteiger partial charge on any atom is -0.384 e. The summed E-state index contributed by atoms with van der Waals surface area (Å²) in [6, 6.07) is 3.02. The van der Waals surface area contributed by atoms with Crippen LogP contribution in [0, 0.1) is 11.3 Å². The number of nitriles is 1. The molecule has 0 spiro atoms. The quantitative estimate of drug-likeness (QED) is 0.593. The largest absolute Gasteiger partial charge is 0.384 e. The maximum Gasteiger partial charge on any atom is 0.268 e. The van der Waals surface area contributed by atoms with Gasteiger partial charge in [-0.1, -0.05) is 11.6 Å². The van der Waals surface area contributed by atoms with Crippen molar-refractivity contribution in [1.29, 1.82) is 5.26 Å². The fourth-order valence-electron chi connectivity index (χ4n) is 0.612. The zero-order valence-electron chi connectivity index (χ0n) is 5.39. The Balaban J connectivity index is 3.47. The lowest BCUT2D eigenvalue weighted by Gasteiger charge is -1.95. The molecular formula is C6H4ClN3O. The molecule has 0 unspecified atom stereocenters. The third kappa shape index (κ3) is 1.33. The number of nitrogens with two attached hydrogens (primary N) is 1. The first-order valence-corrected chi connectivity index (χ1v) is 3.11. The first-order chi connectivity index (χ1) is 5.15. The standard InChI is InChI=1S/C6H4ClN3O/c7-4-1-3(2-8)5(9)10-6(4)11/h1H,(H3,9,10,11). The molecule has 11 heavy (non-hydrogen) atoms. The van der Waals surface area contributed by atoms with E-state index in [1.807, 2.05) is 0 Å². The molecule has 0 saturated heterocycles. The van der Waals surface area contributed by atoms with Crippen molar-refractivity contribution in [1.82, 2.24) is 4.98 Å². The molecule has 0 bridgehead atoms. The van der Waals surface area contributed by atoms with Crippen molar-refractivity contribution in [2.45, 2.75) is 0 Å². The molecule has 56 valence electrons. The minimum atomic E-state index is -0.483. The van der Waals surface area contributed by atoms with Crippen molar-refractivity contribution in [3.63, 3.8) is 0 Å². The van der Waals surface area contributed by atoms with Crippen LogP contribution in [-0.2, 0) is 0 Å². The van der Waals surface area contributed by atoms with Crippen molar-refractivity contribution in [2.75, 3.05) is 5.73 Å². The lowest BCUT2D eigenvalue weighted by atomic mass is 10.3. The highest BCUT2D eigenvalue weighted by Gasteiger charge is 2.02. The zero-order valence-corrected chi connectivity index (χ0v) is 6.14. The molecule has 1 heterocycles. The van der Waals surface area contributed by atoms with Crippen LogP contribution in [0.2, 0.25) is 5.02 Å². The monoisotopic (exact) mass is 169 g/mol. The van der Waals surface area contributed by atoms with E-state index in [2.05, 4.69) is 4.98 Å². The highest BCUT2D eigenvalue weighted by Crippen LogP contribution is 2.08. The van der Waals surface area contributed by atoms with Crippen LogP contribution >= 0.6 is 11.6 Å². The van der Waals surface area contributed by atoms with Gasteiger partial charge in [-0.15, -0.1) is 0 Å². The molecule has 0 aliphatic carbocycles. The molecule has 0 amide bonds. The van der Waals surface area contributed by atoms with E-state index in [0.29, 0.717) is 0 Å². The van der Waals surface area contributed by atoms with Crippen LogP contribution < -0.4 is 11.3 Å². The molecule has 0 aliphatic heterocycles. The third-order valence-corrected chi connectivity index (χ3v) is 1.43. The summed E-state index contributed by atoms with van der Waals surface area (Å²) in [7, 11) is 0. The average molecular weight is 170 g/mol. The Bertz CT molecular complexity index is 376. The van der Waals surface area contributed by atoms with Gasteiger partial charge in [-0.05, 0) is 6.07 Å². The van der Waals surface area contributed by atoms with Gasteiger partial charge in [-0.2, -0.15) is 5.26 Å². The maximum atomic E-state index is 10.7. The van der Waals surface area contributed by atoms with Gasteiger partial charge in [0.25, 0.3) is 5.56 Å². The number of nitrogen functional groups attached to an aromatic ring is 1. The molecule has 0 aliphatic rings. The highest BCUT2D eigenvalue weighted by molar-refractivity contribution is 6.30. The van der Waals surface area contributed by atoms with Gasteiger partial charge in [0.15, 0.2) is 0 Å². The topological polar surface area (TPSA) is 82.7 Å². The van der Waals surface area contributed by atoms with Crippen LogP contribution in [0.25, 0.3) is 0 Å². The van der Waals surface area contributed by atoms with Gasteiger partial charge in [0.1, 0.15) is 16.9 Å². The summed E-state index contributed by atoms with van der Waals surface area (Å²) in [5, 5.41) is 8.39. The van der Waals surface area contributed by atoms with E-state index < -0.39 is 5.56 Å². The van der Waals surface area contributed by atoms with Crippen LogP contribution in [0.15, 0.2) is 10.9 Å². The second-order valence-corrected chi connectivity index (χ2v) is 2.29. The van der Waals surface area contributed by atoms with Crippen LogP contribution in [0.1, 0.15) is 5.56 Å². The molecule has 0 aromatic carbocycles. The van der Waals surface area contributed by atoms with Gasteiger partial charge < -0.3 is 10.7 Å². The van der Waals surface area contributed by atoms with Gasteiger partial charge in [-0.3, -0.25) is 4.79 Å². The van der Waals surface area contributed by atoms with Crippen molar-refractivity contribution >= 4 is 17.4 Å². The molecule has 0 saturated carbocycles. The number of rotatable bonds is 0. The van der Waals surface area contributed by atoms with Gasteiger partial charge in [0.2, 0.25) is 0 Å². The molecule has 1 aromatic heterocycles. The van der Waals surface area contributed by atoms with E-state index in [0.717, 1.165) is 0 Å². The average Bonchev–Trinajstić information content (AvgIpc) is 1.97. The predicted octanol–water partition coefficient (Wildman–Crippen LogP) is 0.482. The van der Waals surface area contributed by atoms with Crippen LogP contribution in [0.5, 0.6) is 0 Å². The highest BCUT2D eigenvalue weighted by atomic mass is 35.5. The van der Waals surface area contributed by atoms with E-state index in [-0.39, 0.29) is 16.4 Å². The second kappa shape index (κ2) is 2.64. The molecule has 0 radical (unpaired) electrons. The number of pyridine rings is 1. The number of aromatic amines is 1. The number of nitrogens with zero attached hydrogens (tertiary/aromatic N) is 1. The summed E-state index contributed by atoms with van der Waals surface area (Å²) in [4.78, 5) is 13.0. The molecular weight excluding hydrogens is 166 g/mol. The number of aromatic nitrogens is 1. The Labute approximate surface area is 67.2 Å². The van der Waals surface area contributed by atoms with E-state index in [4.69, 9.17) is 22.6 Å². The van der Waals surface area contributed by atoms with Crippen molar-refractivity contribution in [2.24, 2.45) is 0 Å². The maximum absolute atomic E-state index is 10.7. The second-order valence-electron chi connectivity index (χ2n) is 1.89. The molecule has 4 nitrogen and oxygen atoms in total. The van der Waals surface area contributed by atoms with Gasteiger partial charge in [0, 0.05) is 0 Å². The van der Waals surface area contributed by atoms with Gasteiger partial charge in [0.05, 0.1) is 5.56 Å². The lowest BCUT2D eigenvalue weighted by molar-refractivity contribution is 1.23. The van der Waals surface area contributed by atoms with Crippen molar-refractivity contribution in [3.05, 3.63) is 27.0 Å². The van der Waals surface area contributed by atoms with Crippen molar-refractivity contribution < 1.29 is 0 Å². The summed E-state index contributed by atoms with van der Waals surface area (Å²) in [5.74, 6) is 0.0434. The molecule has 5 heteroatoms. The molecule has 1 rings (SSSR count). The molecule has 0 atom stereocenters. The lowest BCUT2D eigenvalue weighted by Crippen LogP contribution is -2.10. The minimum absolute atomic E-state index is 0.0317. The third-order valence-electron chi connectivity index (χ3n) is 1.15. The Hall–Kier alpha value is -1.47. The predicted molar refractivity (Wildman–Crippen MR) is 41.2 cm³/mol. The summed E-state index contributed by atoms with van der Waals surface area (Å²) >= 11 is 5.41. The Morgan fingerprint density at radius 2 is 2.36 bits per heavy atom. The van der Waals surface area contributed by atoms with E-state index in [1.54, 1.807) is 6.07 Å². The van der Waals surface area contributed by atoms with Crippen LogP contribution in [0.3, 0.4) is 0 Å². The van der Waals surface area contributed by atoms with E-state index in [9.17, 15) is 4.79 Å². The zero-order chi connectivity index (χ0) is 8.43. The van der Waals surface area contributed by atoms with Gasteiger partial charge >= 0.3 is 0 Å². The van der Waals surface area contributed by atoms with E-state index >= 15 is 0 Å². The fraction of sp³-hybridized carbons (Fsp3) is 0. The van der Waals surface area contributed by atoms with Gasteiger partial charge in [-0.25, -0.2) is 0 Å². The number of H-pyrrole nitrogens is 1. The number of hydrogen-bond acceptors (Lipinski definition) is 3. The number of nitrogens with one attached hydrogen (secondary N) is 1. The van der Waals surface area contributed by atoms with E-state index in [1.165, 1.54) is 6.07 Å². The summed E-state index contributed by atoms with van der Waals surface area (Å²) in [6.07, 6.45) is 0.